The molecule has 2 rings (SSSR count). The number of pyridine rings is 1. The highest BCUT2D eigenvalue weighted by molar-refractivity contribution is 5.16. The molecule has 0 bridgehead atoms. The van der Waals surface area contributed by atoms with Gasteiger partial charge in [-0.3, -0.25) is 4.98 Å². The fourth-order valence-corrected chi connectivity index (χ4v) is 3.55. The van der Waals surface area contributed by atoms with Crippen LogP contribution in [0.3, 0.4) is 0 Å². The summed E-state index contributed by atoms with van der Waals surface area (Å²) in [7, 11) is 1.96. The van der Waals surface area contributed by atoms with Crippen LogP contribution in [0.4, 0.5) is 4.39 Å². The van der Waals surface area contributed by atoms with E-state index in [2.05, 4.69) is 24.1 Å². The van der Waals surface area contributed by atoms with Crippen molar-refractivity contribution in [1.29, 1.82) is 0 Å². The Morgan fingerprint density at radius 3 is 2.44 bits per heavy atom. The molecule has 3 unspecified atom stereocenters. The van der Waals surface area contributed by atoms with Crippen LogP contribution < -0.4 is 5.32 Å². The van der Waals surface area contributed by atoms with Crippen LogP contribution in [-0.2, 0) is 0 Å². The maximum absolute atomic E-state index is 13.3. The van der Waals surface area contributed by atoms with Gasteiger partial charge in [-0.25, -0.2) is 4.39 Å². The highest BCUT2D eigenvalue weighted by Gasteiger charge is 2.30. The average Bonchev–Trinajstić information content (AvgIpc) is 2.28. The molecule has 0 amide bonds. The SMILES string of the molecule is CNC(c1cncc(F)c1)C1CC(C)CC(C)C1. The molecule has 0 aliphatic heterocycles. The largest absolute Gasteiger partial charge is 0.313 e. The van der Waals surface area contributed by atoms with Crippen molar-refractivity contribution < 1.29 is 4.39 Å². The van der Waals surface area contributed by atoms with Crippen molar-refractivity contribution in [3.8, 4) is 0 Å². The number of aromatic nitrogens is 1. The molecule has 1 heterocycles. The summed E-state index contributed by atoms with van der Waals surface area (Å²) in [6.07, 6.45) is 6.80. The van der Waals surface area contributed by atoms with Gasteiger partial charge in [0, 0.05) is 12.2 Å². The van der Waals surface area contributed by atoms with Crippen molar-refractivity contribution >= 4 is 0 Å². The van der Waals surface area contributed by atoms with Crippen LogP contribution in [0.15, 0.2) is 18.5 Å². The highest BCUT2D eigenvalue weighted by Crippen LogP contribution is 2.39. The van der Waals surface area contributed by atoms with E-state index in [9.17, 15) is 4.39 Å². The van der Waals surface area contributed by atoms with Crippen molar-refractivity contribution in [2.45, 2.75) is 39.2 Å². The molecule has 1 aromatic heterocycles. The molecular weight excluding hydrogens is 227 g/mol. The van der Waals surface area contributed by atoms with E-state index >= 15 is 0 Å². The topological polar surface area (TPSA) is 24.9 Å². The van der Waals surface area contributed by atoms with Crippen LogP contribution in [0.2, 0.25) is 0 Å². The third kappa shape index (κ3) is 3.08. The van der Waals surface area contributed by atoms with E-state index < -0.39 is 0 Å². The summed E-state index contributed by atoms with van der Waals surface area (Å²) in [5.74, 6) is 1.86. The standard InChI is InChI=1S/C15H23FN2/c1-10-4-11(2)6-12(5-10)15(17-3)13-7-14(16)9-18-8-13/h7-12,15,17H,4-6H2,1-3H3. The zero-order chi connectivity index (χ0) is 13.1. The smallest absolute Gasteiger partial charge is 0.141 e. The third-order valence-corrected chi connectivity index (χ3v) is 4.08. The molecule has 3 heteroatoms. The number of nitrogens with zero attached hydrogens (tertiary/aromatic N) is 1. The van der Waals surface area contributed by atoms with Crippen molar-refractivity contribution in [1.82, 2.24) is 10.3 Å². The lowest BCUT2D eigenvalue weighted by molar-refractivity contribution is 0.180. The normalized spacial score (nSPS) is 30.1. The number of halogens is 1. The van der Waals surface area contributed by atoms with Crippen LogP contribution in [-0.4, -0.2) is 12.0 Å². The van der Waals surface area contributed by atoms with E-state index in [4.69, 9.17) is 0 Å². The zero-order valence-corrected chi connectivity index (χ0v) is 11.5. The minimum Gasteiger partial charge on any atom is -0.313 e. The first-order valence-electron chi connectivity index (χ1n) is 6.87. The van der Waals surface area contributed by atoms with Gasteiger partial charge in [-0.15, -0.1) is 0 Å². The highest BCUT2D eigenvalue weighted by atomic mass is 19.1. The quantitative estimate of drug-likeness (QED) is 0.887. The predicted octanol–water partition coefficient (Wildman–Crippen LogP) is 3.55. The van der Waals surface area contributed by atoms with Gasteiger partial charge in [-0.1, -0.05) is 13.8 Å². The Morgan fingerprint density at radius 2 is 1.89 bits per heavy atom. The second-order valence-corrected chi connectivity index (χ2v) is 5.88. The Balaban J connectivity index is 2.17. The monoisotopic (exact) mass is 250 g/mol. The summed E-state index contributed by atoms with van der Waals surface area (Å²) >= 11 is 0. The van der Waals surface area contributed by atoms with Gasteiger partial charge in [-0.05, 0) is 55.7 Å². The van der Waals surface area contributed by atoms with E-state index in [0.717, 1.165) is 17.4 Å². The molecule has 100 valence electrons. The maximum atomic E-state index is 13.3. The minimum atomic E-state index is -0.246. The first-order valence-corrected chi connectivity index (χ1v) is 6.87. The van der Waals surface area contributed by atoms with E-state index in [-0.39, 0.29) is 11.9 Å². The van der Waals surface area contributed by atoms with Gasteiger partial charge in [-0.2, -0.15) is 0 Å². The molecule has 0 saturated heterocycles. The van der Waals surface area contributed by atoms with E-state index in [1.54, 1.807) is 12.3 Å². The molecule has 2 nitrogen and oxygen atoms in total. The van der Waals surface area contributed by atoms with Crippen LogP contribution >= 0.6 is 0 Å². The van der Waals surface area contributed by atoms with E-state index in [1.165, 1.54) is 25.5 Å². The summed E-state index contributed by atoms with van der Waals surface area (Å²) in [6.45, 7) is 4.64. The number of hydrogen-bond donors (Lipinski definition) is 1. The molecule has 1 aliphatic carbocycles. The Bertz CT molecular complexity index is 384. The molecule has 1 aliphatic rings. The summed E-state index contributed by atoms with van der Waals surface area (Å²) in [6, 6.07) is 1.83. The molecule has 3 atom stereocenters. The second-order valence-electron chi connectivity index (χ2n) is 5.88. The number of rotatable bonds is 3. The Morgan fingerprint density at radius 1 is 1.22 bits per heavy atom. The molecule has 1 fully saturated rings. The molecule has 1 saturated carbocycles. The van der Waals surface area contributed by atoms with Crippen LogP contribution in [0.1, 0.15) is 44.7 Å². The van der Waals surface area contributed by atoms with Crippen molar-refractivity contribution in [2.75, 3.05) is 7.05 Å². The lowest BCUT2D eigenvalue weighted by Gasteiger charge is -2.36. The molecule has 18 heavy (non-hydrogen) atoms. The zero-order valence-electron chi connectivity index (χ0n) is 11.5. The second kappa shape index (κ2) is 5.79. The third-order valence-electron chi connectivity index (χ3n) is 4.08. The van der Waals surface area contributed by atoms with Gasteiger partial charge < -0.3 is 5.32 Å². The fraction of sp³-hybridized carbons (Fsp3) is 0.667. The van der Waals surface area contributed by atoms with Gasteiger partial charge in [0.05, 0.1) is 6.20 Å². The van der Waals surface area contributed by atoms with Crippen molar-refractivity contribution in [2.24, 2.45) is 17.8 Å². The minimum absolute atomic E-state index is 0.221. The average molecular weight is 250 g/mol. The summed E-state index contributed by atoms with van der Waals surface area (Å²) in [5, 5.41) is 3.35. The number of nitrogens with one attached hydrogen (secondary N) is 1. The van der Waals surface area contributed by atoms with Crippen molar-refractivity contribution in [3.63, 3.8) is 0 Å². The van der Waals surface area contributed by atoms with Crippen molar-refractivity contribution in [3.05, 3.63) is 29.8 Å². The molecule has 0 radical (unpaired) electrons. The first kappa shape index (κ1) is 13.5. The summed E-state index contributed by atoms with van der Waals surface area (Å²) in [5.41, 5.74) is 0.976. The molecule has 0 spiro atoms. The van der Waals surface area contributed by atoms with E-state index in [0.29, 0.717) is 5.92 Å². The van der Waals surface area contributed by atoms with Gasteiger partial charge in [0.15, 0.2) is 0 Å². The Kier molecular flexibility index (Phi) is 4.33. The van der Waals surface area contributed by atoms with Gasteiger partial charge in [0.25, 0.3) is 0 Å². The van der Waals surface area contributed by atoms with Gasteiger partial charge in [0.2, 0.25) is 0 Å². The molecule has 1 N–H and O–H groups in total. The van der Waals surface area contributed by atoms with Gasteiger partial charge >= 0.3 is 0 Å². The number of hydrogen-bond acceptors (Lipinski definition) is 2. The molecule has 0 aromatic carbocycles. The Hall–Kier alpha value is -0.960. The summed E-state index contributed by atoms with van der Waals surface area (Å²) < 4.78 is 13.3. The van der Waals surface area contributed by atoms with Crippen LogP contribution in [0, 0.1) is 23.6 Å². The first-order chi connectivity index (χ1) is 8.60. The van der Waals surface area contributed by atoms with Gasteiger partial charge in [0.1, 0.15) is 5.82 Å². The van der Waals surface area contributed by atoms with Crippen LogP contribution in [0.25, 0.3) is 0 Å². The predicted molar refractivity (Wildman–Crippen MR) is 71.7 cm³/mol. The molecule has 1 aromatic rings. The lowest BCUT2D eigenvalue weighted by Crippen LogP contribution is -2.31. The maximum Gasteiger partial charge on any atom is 0.141 e. The summed E-state index contributed by atoms with van der Waals surface area (Å²) in [4.78, 5) is 3.97. The Labute approximate surface area is 109 Å². The lowest BCUT2D eigenvalue weighted by atomic mass is 9.72. The van der Waals surface area contributed by atoms with Crippen LogP contribution in [0.5, 0.6) is 0 Å². The molecular formula is C15H23FN2. The fourth-order valence-electron chi connectivity index (χ4n) is 3.55. The van der Waals surface area contributed by atoms with E-state index in [1.807, 2.05) is 7.05 Å².